The molecule has 0 aliphatic heterocycles. The van der Waals surface area contributed by atoms with Gasteiger partial charge in [-0.1, -0.05) is 34.1 Å². The number of nitrogens with two attached hydrogens (primary N) is 1. The third kappa shape index (κ3) is 3.05. The van der Waals surface area contributed by atoms with Crippen molar-refractivity contribution in [3.05, 3.63) is 57.1 Å². The molecule has 3 heteroatoms. The summed E-state index contributed by atoms with van der Waals surface area (Å²) in [6.45, 7) is 8.21. The largest absolute Gasteiger partial charge is 0.457 e. The fourth-order valence-corrected chi connectivity index (χ4v) is 2.86. The van der Waals surface area contributed by atoms with Crippen molar-refractivity contribution in [2.75, 3.05) is 0 Å². The molecule has 1 atom stereocenters. The normalized spacial score (nSPS) is 12.3. The molecular formula is C17H20BrNO. The molecule has 2 rings (SSSR count). The zero-order valence-electron chi connectivity index (χ0n) is 12.3. The molecule has 0 aliphatic carbocycles. The van der Waals surface area contributed by atoms with Gasteiger partial charge in [-0.2, -0.15) is 0 Å². The van der Waals surface area contributed by atoms with Crippen LogP contribution in [0.2, 0.25) is 0 Å². The predicted octanol–water partition coefficient (Wildman–Crippen LogP) is 5.19. The molecular weight excluding hydrogens is 314 g/mol. The standard InChI is InChI=1S/C17H20BrNO/c1-10-5-6-11(2)17(12(10)3)20-14-7-8-15(13(4)19)16(18)9-14/h5-9,13H,19H2,1-4H3. The van der Waals surface area contributed by atoms with E-state index in [0.717, 1.165) is 27.1 Å². The number of benzene rings is 2. The summed E-state index contributed by atoms with van der Waals surface area (Å²) in [5.41, 5.74) is 10.5. The molecule has 0 amide bonds. The van der Waals surface area contributed by atoms with Gasteiger partial charge in [0.1, 0.15) is 11.5 Å². The number of hydrogen-bond donors (Lipinski definition) is 1. The van der Waals surface area contributed by atoms with Crippen LogP contribution >= 0.6 is 15.9 Å². The van der Waals surface area contributed by atoms with Crippen molar-refractivity contribution >= 4 is 15.9 Å². The Balaban J connectivity index is 2.36. The average Bonchev–Trinajstić information content (AvgIpc) is 2.39. The predicted molar refractivity (Wildman–Crippen MR) is 87.5 cm³/mol. The van der Waals surface area contributed by atoms with Crippen LogP contribution in [0, 0.1) is 20.8 Å². The molecule has 2 aromatic carbocycles. The van der Waals surface area contributed by atoms with E-state index in [1.807, 2.05) is 25.1 Å². The SMILES string of the molecule is Cc1ccc(C)c(Oc2ccc(C(C)N)c(Br)c2)c1C. The molecule has 0 saturated heterocycles. The molecule has 0 radical (unpaired) electrons. The molecule has 0 saturated carbocycles. The zero-order chi connectivity index (χ0) is 14.9. The lowest BCUT2D eigenvalue weighted by molar-refractivity contribution is 0.474. The van der Waals surface area contributed by atoms with Crippen molar-refractivity contribution in [1.29, 1.82) is 0 Å². The highest BCUT2D eigenvalue weighted by atomic mass is 79.9. The summed E-state index contributed by atoms with van der Waals surface area (Å²) >= 11 is 3.55. The molecule has 0 aromatic heterocycles. The maximum absolute atomic E-state index is 6.07. The second kappa shape index (κ2) is 5.98. The maximum Gasteiger partial charge on any atom is 0.133 e. The van der Waals surface area contributed by atoms with Crippen LogP contribution in [0.1, 0.15) is 35.2 Å². The summed E-state index contributed by atoms with van der Waals surface area (Å²) in [5.74, 6) is 1.75. The average molecular weight is 334 g/mol. The third-order valence-corrected chi connectivity index (χ3v) is 4.24. The number of halogens is 1. The third-order valence-electron chi connectivity index (χ3n) is 3.56. The van der Waals surface area contributed by atoms with Gasteiger partial charge in [-0.25, -0.2) is 0 Å². The van der Waals surface area contributed by atoms with Gasteiger partial charge >= 0.3 is 0 Å². The van der Waals surface area contributed by atoms with Crippen LogP contribution in [0.25, 0.3) is 0 Å². The summed E-state index contributed by atoms with van der Waals surface area (Å²) < 4.78 is 7.05. The number of ether oxygens (including phenoxy) is 1. The molecule has 0 fully saturated rings. The first kappa shape index (κ1) is 15.1. The van der Waals surface area contributed by atoms with E-state index < -0.39 is 0 Å². The summed E-state index contributed by atoms with van der Waals surface area (Å²) in [5, 5.41) is 0. The van der Waals surface area contributed by atoms with E-state index in [9.17, 15) is 0 Å². The van der Waals surface area contributed by atoms with Crippen molar-refractivity contribution in [3.8, 4) is 11.5 Å². The van der Waals surface area contributed by atoms with Gasteiger partial charge < -0.3 is 10.5 Å². The first-order chi connectivity index (χ1) is 9.40. The molecule has 0 spiro atoms. The van der Waals surface area contributed by atoms with E-state index in [1.165, 1.54) is 11.1 Å². The van der Waals surface area contributed by atoms with E-state index in [1.54, 1.807) is 0 Å². The van der Waals surface area contributed by atoms with Gasteiger partial charge in [0.15, 0.2) is 0 Å². The van der Waals surface area contributed by atoms with Gasteiger partial charge in [-0.3, -0.25) is 0 Å². The Morgan fingerprint density at radius 1 is 1.05 bits per heavy atom. The minimum Gasteiger partial charge on any atom is -0.457 e. The van der Waals surface area contributed by atoms with Crippen molar-refractivity contribution in [3.63, 3.8) is 0 Å². The van der Waals surface area contributed by atoms with Crippen LogP contribution in [-0.4, -0.2) is 0 Å². The summed E-state index contributed by atoms with van der Waals surface area (Å²) in [4.78, 5) is 0. The van der Waals surface area contributed by atoms with Crippen LogP contribution in [0.3, 0.4) is 0 Å². The van der Waals surface area contributed by atoms with Crippen LogP contribution in [0.5, 0.6) is 11.5 Å². The van der Waals surface area contributed by atoms with Crippen molar-refractivity contribution in [1.82, 2.24) is 0 Å². The first-order valence-electron chi connectivity index (χ1n) is 6.70. The Labute approximate surface area is 129 Å². The molecule has 2 N–H and O–H groups in total. The highest BCUT2D eigenvalue weighted by Crippen LogP contribution is 2.33. The van der Waals surface area contributed by atoms with Gasteiger partial charge in [0.2, 0.25) is 0 Å². The van der Waals surface area contributed by atoms with E-state index in [4.69, 9.17) is 10.5 Å². The highest BCUT2D eigenvalue weighted by Gasteiger charge is 2.10. The lowest BCUT2D eigenvalue weighted by Gasteiger charge is -2.15. The topological polar surface area (TPSA) is 35.2 Å². The fourth-order valence-electron chi connectivity index (χ4n) is 2.14. The Bertz CT molecular complexity index is 635. The molecule has 20 heavy (non-hydrogen) atoms. The van der Waals surface area contributed by atoms with Gasteiger partial charge in [-0.05, 0) is 62.1 Å². The van der Waals surface area contributed by atoms with Crippen molar-refractivity contribution in [2.24, 2.45) is 5.73 Å². The summed E-state index contributed by atoms with van der Waals surface area (Å²) in [6, 6.07) is 10.1. The molecule has 2 nitrogen and oxygen atoms in total. The number of rotatable bonds is 3. The molecule has 0 heterocycles. The van der Waals surface area contributed by atoms with Crippen molar-refractivity contribution < 1.29 is 4.74 Å². The fraction of sp³-hybridized carbons (Fsp3) is 0.294. The van der Waals surface area contributed by atoms with E-state index >= 15 is 0 Å². The Kier molecular flexibility index (Phi) is 4.51. The van der Waals surface area contributed by atoms with Crippen molar-refractivity contribution in [2.45, 2.75) is 33.7 Å². The Hall–Kier alpha value is -1.32. The number of hydrogen-bond acceptors (Lipinski definition) is 2. The smallest absolute Gasteiger partial charge is 0.133 e. The molecule has 106 valence electrons. The quantitative estimate of drug-likeness (QED) is 0.839. The molecule has 0 aliphatic rings. The summed E-state index contributed by atoms with van der Waals surface area (Å²) in [7, 11) is 0. The summed E-state index contributed by atoms with van der Waals surface area (Å²) in [6.07, 6.45) is 0. The van der Waals surface area contributed by atoms with Gasteiger partial charge in [0.25, 0.3) is 0 Å². The van der Waals surface area contributed by atoms with Gasteiger partial charge in [-0.15, -0.1) is 0 Å². The van der Waals surface area contributed by atoms with E-state index in [-0.39, 0.29) is 6.04 Å². The molecule has 1 unspecified atom stereocenters. The minimum absolute atomic E-state index is 0.000803. The monoisotopic (exact) mass is 333 g/mol. The van der Waals surface area contributed by atoms with Crippen LogP contribution in [0.4, 0.5) is 0 Å². The molecule has 2 aromatic rings. The van der Waals surface area contributed by atoms with Crippen LogP contribution < -0.4 is 10.5 Å². The Morgan fingerprint density at radius 2 is 1.70 bits per heavy atom. The van der Waals surface area contributed by atoms with E-state index in [2.05, 4.69) is 48.8 Å². The lowest BCUT2D eigenvalue weighted by atomic mass is 10.1. The van der Waals surface area contributed by atoms with E-state index in [0.29, 0.717) is 0 Å². The maximum atomic E-state index is 6.07. The molecule has 0 bridgehead atoms. The lowest BCUT2D eigenvalue weighted by Crippen LogP contribution is -2.05. The second-order valence-electron chi connectivity index (χ2n) is 5.23. The van der Waals surface area contributed by atoms with Gasteiger partial charge in [0, 0.05) is 10.5 Å². The van der Waals surface area contributed by atoms with Crippen LogP contribution in [-0.2, 0) is 0 Å². The second-order valence-corrected chi connectivity index (χ2v) is 6.08. The highest BCUT2D eigenvalue weighted by molar-refractivity contribution is 9.10. The zero-order valence-corrected chi connectivity index (χ0v) is 13.9. The number of aryl methyl sites for hydroxylation is 2. The Morgan fingerprint density at radius 3 is 2.30 bits per heavy atom. The van der Waals surface area contributed by atoms with Crippen LogP contribution in [0.15, 0.2) is 34.8 Å². The van der Waals surface area contributed by atoms with Gasteiger partial charge in [0.05, 0.1) is 0 Å². The minimum atomic E-state index is 0.000803. The first-order valence-corrected chi connectivity index (χ1v) is 7.49.